The Morgan fingerprint density at radius 1 is 0.367 bits per heavy atom. The first-order valence-electron chi connectivity index (χ1n) is 30.1. The fourth-order valence-electron chi connectivity index (χ4n) is 9.90. The minimum atomic E-state index is -1.79. The van der Waals surface area contributed by atoms with Gasteiger partial charge >= 0.3 is 122 Å². The molecule has 0 aliphatic rings. The average Bonchev–Trinajstić information content (AvgIpc) is 4.51. The van der Waals surface area contributed by atoms with Gasteiger partial charge in [0, 0.05) is 9.75 Å². The average molecular weight is 1420 g/mol. The van der Waals surface area contributed by atoms with Gasteiger partial charge in [-0.2, -0.15) is 17.5 Å². The van der Waals surface area contributed by atoms with Gasteiger partial charge in [0.1, 0.15) is 22.1 Å². The zero-order valence-corrected chi connectivity index (χ0v) is 58.5. The molecule has 0 saturated carbocycles. The van der Waals surface area contributed by atoms with Gasteiger partial charge in [0.25, 0.3) is 0 Å². The minimum absolute atomic E-state index is 0.0111. The third kappa shape index (κ3) is 23.2. The van der Waals surface area contributed by atoms with Crippen LogP contribution in [0.4, 0.5) is 17.6 Å². The summed E-state index contributed by atoms with van der Waals surface area (Å²) in [5.74, 6) is -3.51. The first kappa shape index (κ1) is 68.4. The van der Waals surface area contributed by atoms with Crippen LogP contribution in [0.2, 0.25) is 14.8 Å². The number of fused-ring (bicyclic) bond motifs is 2. The van der Waals surface area contributed by atoms with Crippen molar-refractivity contribution in [2.24, 2.45) is 0 Å². The number of benzene rings is 2. The van der Waals surface area contributed by atoms with Crippen molar-refractivity contribution in [2.75, 3.05) is 0 Å². The second-order valence-electron chi connectivity index (χ2n) is 22.6. The molecule has 0 bridgehead atoms. The number of rotatable bonds is 36. The van der Waals surface area contributed by atoms with E-state index in [0.29, 0.717) is 22.1 Å². The van der Waals surface area contributed by atoms with Crippen molar-refractivity contribution in [1.29, 1.82) is 0 Å². The van der Waals surface area contributed by atoms with E-state index in [1.807, 2.05) is 23.5 Å². The number of aromatic nitrogens is 4. The van der Waals surface area contributed by atoms with Crippen molar-refractivity contribution >= 4 is 133 Å². The van der Waals surface area contributed by atoms with Crippen LogP contribution in [0.15, 0.2) is 43.3 Å². The zero-order chi connectivity index (χ0) is 56.8. The summed E-state index contributed by atoms with van der Waals surface area (Å²) in [5, 5.41) is 6.61. The number of thiophene rings is 3. The van der Waals surface area contributed by atoms with E-state index < -0.39 is 41.6 Å². The van der Waals surface area contributed by atoms with Crippen LogP contribution >= 0.6 is 89.3 Å². The van der Waals surface area contributed by atoms with E-state index in [1.165, 1.54) is 220 Å². The van der Waals surface area contributed by atoms with Gasteiger partial charge in [-0.1, -0.05) is 149 Å². The number of hydrogen-bond acceptors (Lipinski definition) is 9. The Kier molecular flexibility index (Phi) is 33.4. The molecule has 0 amide bonds. The van der Waals surface area contributed by atoms with Crippen LogP contribution in [0.5, 0.6) is 0 Å². The molecular formula is C63H90Br2F4N4S5Sn. The maximum absolute atomic E-state index is 15.8. The Labute approximate surface area is 514 Å². The molecule has 2 aromatic carbocycles. The summed E-state index contributed by atoms with van der Waals surface area (Å²) in [4.78, 5) is 9.04. The van der Waals surface area contributed by atoms with Crippen molar-refractivity contribution in [1.82, 2.24) is 17.5 Å². The van der Waals surface area contributed by atoms with Crippen molar-refractivity contribution in [3.8, 4) is 20.9 Å². The fourth-order valence-corrected chi connectivity index (χ4v) is 20.5. The summed E-state index contributed by atoms with van der Waals surface area (Å²) < 4.78 is 76.1. The Morgan fingerprint density at radius 2 is 0.646 bits per heavy atom. The molecule has 0 atom stereocenters. The SMILES string of the molecule is CCCCCCCCCCCCc1cs[c]([Sn]([CH3])([CH3])[CH3])c1.CCCCCCCCCCCCc1csc(-c2c(F)c(F)c(-c3cc(CCCCCCCCCCCC)cs3)c3nsnc23)c1.Fc1c(F)c(Br)c2nsnc2c1Br. The molecule has 0 spiro atoms. The predicted molar refractivity (Wildman–Crippen MR) is 351 cm³/mol. The molecule has 4 nitrogen and oxygen atoms in total. The first-order chi connectivity index (χ1) is 38.3. The number of hydrogen-bond donors (Lipinski definition) is 0. The summed E-state index contributed by atoms with van der Waals surface area (Å²) >= 11 is 11.0. The van der Waals surface area contributed by atoms with E-state index in [-0.39, 0.29) is 20.1 Å². The summed E-state index contributed by atoms with van der Waals surface area (Å²) in [5.41, 5.74) is 6.15. The van der Waals surface area contributed by atoms with Gasteiger partial charge in [-0.3, -0.25) is 0 Å². The van der Waals surface area contributed by atoms with Gasteiger partial charge in [-0.15, -0.1) is 22.7 Å². The van der Waals surface area contributed by atoms with E-state index in [4.69, 9.17) is 0 Å². The minimum Gasteiger partial charge on any atom is -0.203 e. The van der Waals surface area contributed by atoms with E-state index in [9.17, 15) is 8.78 Å². The third-order valence-corrected chi connectivity index (χ3v) is 29.8. The molecule has 438 valence electrons. The molecule has 0 saturated heterocycles. The second kappa shape index (κ2) is 38.6. The summed E-state index contributed by atoms with van der Waals surface area (Å²) in [6, 6.07) is 6.59. The number of aryl methyl sites for hydroxylation is 3. The van der Waals surface area contributed by atoms with Crippen molar-refractivity contribution in [3.63, 3.8) is 0 Å². The predicted octanol–water partition coefficient (Wildman–Crippen LogP) is 24.6. The first-order valence-corrected chi connectivity index (χ1v) is 45.8. The number of halogens is 6. The molecule has 0 aliphatic carbocycles. The monoisotopic (exact) mass is 1420 g/mol. The van der Waals surface area contributed by atoms with Crippen LogP contribution in [-0.4, -0.2) is 35.9 Å². The maximum Gasteiger partial charge on any atom is 0.176 e. The topological polar surface area (TPSA) is 51.6 Å². The molecule has 0 N–H and O–H groups in total. The molecule has 0 radical (unpaired) electrons. The summed E-state index contributed by atoms with van der Waals surface area (Å²) in [6.07, 6.45) is 43.8. The Morgan fingerprint density at radius 3 is 0.949 bits per heavy atom. The van der Waals surface area contributed by atoms with Gasteiger partial charge in [-0.25, -0.2) is 17.6 Å². The third-order valence-electron chi connectivity index (χ3n) is 14.7. The molecule has 7 aromatic rings. The summed E-state index contributed by atoms with van der Waals surface area (Å²) in [7, 11) is 0. The van der Waals surface area contributed by atoms with Crippen LogP contribution in [-0.2, 0) is 19.3 Å². The van der Waals surface area contributed by atoms with Gasteiger partial charge < -0.3 is 0 Å². The van der Waals surface area contributed by atoms with E-state index in [1.54, 1.807) is 8.46 Å². The van der Waals surface area contributed by atoms with Gasteiger partial charge in [0.15, 0.2) is 23.3 Å². The van der Waals surface area contributed by atoms with E-state index >= 15 is 8.78 Å². The largest absolute Gasteiger partial charge is 0.203 e. The molecule has 0 unspecified atom stereocenters. The molecule has 16 heteroatoms. The molecular weight excluding hydrogens is 1330 g/mol. The van der Waals surface area contributed by atoms with Crippen molar-refractivity contribution in [2.45, 2.75) is 247 Å². The molecule has 0 fully saturated rings. The van der Waals surface area contributed by atoms with E-state index in [2.05, 4.69) is 107 Å². The van der Waals surface area contributed by atoms with E-state index in [0.717, 1.165) is 58.9 Å². The second-order valence-corrected chi connectivity index (χ2v) is 43.4. The smallest absolute Gasteiger partial charge is 0.176 e. The fraction of sp³-hybridized carbons (Fsp3) is 0.619. The molecule has 7 rings (SSSR count). The van der Waals surface area contributed by atoms with Crippen LogP contribution < -0.4 is 2.89 Å². The standard InChI is InChI=1S/C38H54F2N2S3.C16H27S.C6Br2F2N2S.3CH3.Sn/c1-3-5-7-9-11-13-15-17-19-21-23-29-25-31(43-27-29)33-35(39)36(40)34(38-37(33)41-45-42-38)32-26-30(28-44-32)24-22-20-18-16-14-12-10-8-6-4-2;1-2-3-4-5-6-7-8-9-10-11-12-16-13-14-17-15-16;7-1-3(9)4(10)2(8)6-5(1)11-13-12-6;;;;/h25-28H,3-24H2,1-2H3;13,15H,2-12H2,1H3;;3*1H3;. The number of nitrogens with zero attached hydrogens (tertiary/aromatic N) is 4. The Balaban J connectivity index is 0.000000275. The maximum atomic E-state index is 15.8. The molecule has 5 heterocycles. The summed E-state index contributed by atoms with van der Waals surface area (Å²) in [6.45, 7) is 6.82. The van der Waals surface area contributed by atoms with Gasteiger partial charge in [-0.05, 0) is 91.6 Å². The van der Waals surface area contributed by atoms with Crippen molar-refractivity contribution < 1.29 is 17.6 Å². The molecule has 5 aromatic heterocycles. The normalized spacial score (nSPS) is 11.7. The quantitative estimate of drug-likeness (QED) is 0.0129. The molecule has 0 aliphatic heterocycles. The van der Waals surface area contributed by atoms with Gasteiger partial charge in [0.05, 0.1) is 43.5 Å². The molecule has 79 heavy (non-hydrogen) atoms. The van der Waals surface area contributed by atoms with Crippen LogP contribution in [0.25, 0.3) is 42.9 Å². The van der Waals surface area contributed by atoms with Gasteiger partial charge in [0.2, 0.25) is 0 Å². The Bertz CT molecular complexity index is 2640. The Hall–Kier alpha value is -1.34. The number of unbranched alkanes of at least 4 members (excludes halogenated alkanes) is 27. The van der Waals surface area contributed by atoms with Crippen LogP contribution in [0.1, 0.15) is 230 Å². The van der Waals surface area contributed by atoms with Crippen LogP contribution in [0, 0.1) is 23.3 Å². The van der Waals surface area contributed by atoms with Crippen molar-refractivity contribution in [3.05, 3.63) is 83.2 Å². The zero-order valence-electron chi connectivity index (χ0n) is 48.4. The van der Waals surface area contributed by atoms with Crippen LogP contribution in [0.3, 0.4) is 0 Å².